The number of hydrogen-bond donors (Lipinski definition) is 1. The van der Waals surface area contributed by atoms with Gasteiger partial charge in [0.1, 0.15) is 0 Å². The topological polar surface area (TPSA) is 79.3 Å². The predicted molar refractivity (Wildman–Crippen MR) is 108 cm³/mol. The van der Waals surface area contributed by atoms with Crippen molar-refractivity contribution in [1.82, 2.24) is 9.80 Å². The summed E-state index contributed by atoms with van der Waals surface area (Å²) in [5.41, 5.74) is 1.00. The van der Waals surface area contributed by atoms with Crippen LogP contribution >= 0.6 is 0 Å². The van der Waals surface area contributed by atoms with E-state index >= 15 is 0 Å². The van der Waals surface area contributed by atoms with Gasteiger partial charge in [0.25, 0.3) is 5.91 Å². The van der Waals surface area contributed by atoms with Gasteiger partial charge in [-0.2, -0.15) is 0 Å². The van der Waals surface area contributed by atoms with Crippen LogP contribution in [0.15, 0.2) is 24.3 Å². The van der Waals surface area contributed by atoms with Crippen molar-refractivity contribution in [2.75, 3.05) is 40.4 Å². The summed E-state index contributed by atoms with van der Waals surface area (Å²) < 4.78 is 11.1. The first-order valence-electron chi connectivity index (χ1n) is 9.58. The van der Waals surface area contributed by atoms with E-state index in [0.717, 1.165) is 24.8 Å². The van der Waals surface area contributed by atoms with Crippen LogP contribution in [0, 0.1) is 0 Å². The fourth-order valence-electron chi connectivity index (χ4n) is 3.44. The molecule has 0 bridgehead atoms. The molecule has 0 saturated carbocycles. The van der Waals surface area contributed by atoms with Crippen LogP contribution in [0.2, 0.25) is 0 Å². The number of benzene rings is 1. The van der Waals surface area contributed by atoms with Gasteiger partial charge in [0.2, 0.25) is 0 Å². The lowest BCUT2D eigenvalue weighted by Gasteiger charge is -2.25. The Morgan fingerprint density at radius 2 is 2.07 bits per heavy atom. The second-order valence-electron chi connectivity index (χ2n) is 6.97. The van der Waals surface area contributed by atoms with Crippen LogP contribution < -0.4 is 9.47 Å². The summed E-state index contributed by atoms with van der Waals surface area (Å²) in [6, 6.07) is 5.76. The molecule has 1 unspecified atom stereocenters. The number of carbonyl (C=O) groups excluding carboxylic acids is 1. The van der Waals surface area contributed by atoms with Crippen LogP contribution in [0.4, 0.5) is 0 Å². The summed E-state index contributed by atoms with van der Waals surface area (Å²) in [4.78, 5) is 27.1. The Balaban J connectivity index is 1.90. The number of likely N-dealkylation sites (N-methyl/N-ethyl adjacent to an activating group) is 1. The average Bonchev–Trinajstić information content (AvgIpc) is 2.92. The molecule has 2 rings (SSSR count). The van der Waals surface area contributed by atoms with E-state index < -0.39 is 5.97 Å². The van der Waals surface area contributed by atoms with E-state index in [4.69, 9.17) is 14.6 Å². The summed E-state index contributed by atoms with van der Waals surface area (Å²) >= 11 is 0. The van der Waals surface area contributed by atoms with Gasteiger partial charge in [-0.05, 0) is 50.9 Å². The van der Waals surface area contributed by atoms with Crippen molar-refractivity contribution in [2.24, 2.45) is 0 Å². The van der Waals surface area contributed by atoms with Gasteiger partial charge in [0.15, 0.2) is 18.1 Å². The molecule has 1 saturated heterocycles. The van der Waals surface area contributed by atoms with E-state index in [2.05, 4.69) is 0 Å². The molecule has 0 radical (unpaired) electrons. The number of carbonyl (C=O) groups is 2. The molecular weight excluding hydrogens is 360 g/mol. The van der Waals surface area contributed by atoms with Crippen LogP contribution in [0.5, 0.6) is 11.5 Å². The number of hydrogen-bond acceptors (Lipinski definition) is 5. The van der Waals surface area contributed by atoms with Crippen molar-refractivity contribution in [1.29, 1.82) is 0 Å². The van der Waals surface area contributed by atoms with Crippen LogP contribution in [0.25, 0.3) is 6.08 Å². The zero-order chi connectivity index (χ0) is 20.5. The second kappa shape index (κ2) is 10.7. The van der Waals surface area contributed by atoms with Gasteiger partial charge in [0, 0.05) is 19.1 Å². The number of nitrogens with zero attached hydrogens (tertiary/aromatic N) is 2. The van der Waals surface area contributed by atoms with E-state index in [1.54, 1.807) is 18.1 Å². The van der Waals surface area contributed by atoms with Crippen molar-refractivity contribution >= 4 is 18.0 Å². The summed E-state index contributed by atoms with van der Waals surface area (Å²) in [5, 5.41) is 8.96. The first-order valence-corrected chi connectivity index (χ1v) is 9.58. The average molecular weight is 390 g/mol. The Labute approximate surface area is 166 Å². The van der Waals surface area contributed by atoms with Gasteiger partial charge in [-0.1, -0.05) is 18.2 Å². The molecule has 1 aliphatic rings. The minimum atomic E-state index is -0.831. The number of allylic oxidation sites excluding steroid dienone is 1. The number of rotatable bonds is 8. The van der Waals surface area contributed by atoms with E-state index in [1.165, 1.54) is 0 Å². The number of amides is 1. The minimum Gasteiger partial charge on any atom is -0.493 e. The van der Waals surface area contributed by atoms with E-state index in [9.17, 15) is 9.59 Å². The van der Waals surface area contributed by atoms with Gasteiger partial charge in [-0.15, -0.1) is 0 Å². The molecule has 28 heavy (non-hydrogen) atoms. The molecule has 1 heterocycles. The van der Waals surface area contributed by atoms with Crippen molar-refractivity contribution < 1.29 is 24.2 Å². The highest BCUT2D eigenvalue weighted by Gasteiger charge is 2.24. The van der Waals surface area contributed by atoms with E-state index in [-0.39, 0.29) is 25.1 Å². The van der Waals surface area contributed by atoms with Gasteiger partial charge >= 0.3 is 5.97 Å². The van der Waals surface area contributed by atoms with Crippen LogP contribution in [0.1, 0.15) is 31.7 Å². The molecule has 1 amide bonds. The molecule has 0 aromatic heterocycles. The molecule has 0 spiro atoms. The predicted octanol–water partition coefficient (Wildman–Crippen LogP) is 2.50. The molecule has 7 heteroatoms. The van der Waals surface area contributed by atoms with E-state index in [1.807, 2.05) is 43.2 Å². The smallest absolute Gasteiger partial charge is 0.317 e. The number of carboxylic acids is 1. The largest absolute Gasteiger partial charge is 0.493 e. The molecule has 7 nitrogen and oxygen atoms in total. The van der Waals surface area contributed by atoms with Crippen LogP contribution in [0.3, 0.4) is 0 Å². The summed E-state index contributed by atoms with van der Waals surface area (Å²) in [5.74, 6) is 0.233. The number of methoxy groups -OCH3 is 1. The maximum absolute atomic E-state index is 12.6. The fourth-order valence-corrected chi connectivity index (χ4v) is 3.44. The lowest BCUT2D eigenvalue weighted by atomic mass is 10.1. The van der Waals surface area contributed by atoms with Gasteiger partial charge < -0.3 is 19.5 Å². The summed E-state index contributed by atoms with van der Waals surface area (Å²) in [7, 11) is 3.40. The number of carboxylic acid groups (broad SMARTS) is 1. The molecule has 0 aliphatic carbocycles. The van der Waals surface area contributed by atoms with Crippen molar-refractivity contribution in [3.63, 3.8) is 0 Å². The zero-order valence-electron chi connectivity index (χ0n) is 16.9. The van der Waals surface area contributed by atoms with Gasteiger partial charge in [0.05, 0.1) is 13.7 Å². The summed E-state index contributed by atoms with van der Waals surface area (Å²) in [6.07, 6.45) is 6.40. The Bertz CT molecular complexity index is 704. The molecule has 1 aromatic rings. The quantitative estimate of drug-likeness (QED) is 0.735. The lowest BCUT2D eigenvalue weighted by Crippen LogP contribution is -2.38. The maximum Gasteiger partial charge on any atom is 0.317 e. The first kappa shape index (κ1) is 21.8. The highest BCUT2D eigenvalue weighted by atomic mass is 16.5. The van der Waals surface area contributed by atoms with Crippen molar-refractivity contribution in [3.05, 3.63) is 29.8 Å². The number of likely N-dealkylation sites (tertiary alicyclic amines) is 1. The summed E-state index contributed by atoms with van der Waals surface area (Å²) in [6.45, 7) is 3.19. The normalized spacial score (nSPS) is 17.6. The molecule has 154 valence electrons. The Morgan fingerprint density at radius 1 is 1.29 bits per heavy atom. The highest BCUT2D eigenvalue weighted by Crippen LogP contribution is 2.28. The molecule has 1 fully saturated rings. The minimum absolute atomic E-state index is 0.0186. The Kier molecular flexibility index (Phi) is 8.32. The third-order valence-corrected chi connectivity index (χ3v) is 4.96. The monoisotopic (exact) mass is 390 g/mol. The Hall–Kier alpha value is -2.54. The number of aliphatic carboxylic acids is 1. The van der Waals surface area contributed by atoms with Crippen LogP contribution in [-0.2, 0) is 9.59 Å². The SMILES string of the molecule is C/C=C/c1ccc(OCC(=O)N2CCCC(N(C)CC(=O)O)CC2)c(OC)c1. The molecule has 1 atom stereocenters. The second-order valence-corrected chi connectivity index (χ2v) is 6.97. The third-order valence-electron chi connectivity index (χ3n) is 4.96. The van der Waals surface area contributed by atoms with E-state index in [0.29, 0.717) is 24.6 Å². The first-order chi connectivity index (χ1) is 13.4. The maximum atomic E-state index is 12.6. The zero-order valence-corrected chi connectivity index (χ0v) is 16.9. The van der Waals surface area contributed by atoms with Crippen molar-refractivity contribution in [3.8, 4) is 11.5 Å². The highest BCUT2D eigenvalue weighted by molar-refractivity contribution is 5.78. The van der Waals surface area contributed by atoms with Crippen LogP contribution in [-0.4, -0.2) is 73.2 Å². The molecular formula is C21H30N2O5. The van der Waals surface area contributed by atoms with Crippen molar-refractivity contribution in [2.45, 2.75) is 32.2 Å². The molecule has 1 N–H and O–H groups in total. The lowest BCUT2D eigenvalue weighted by molar-refractivity contribution is -0.138. The molecule has 1 aromatic carbocycles. The van der Waals surface area contributed by atoms with Gasteiger partial charge in [-0.25, -0.2) is 0 Å². The fraction of sp³-hybridized carbons (Fsp3) is 0.524. The number of ether oxygens (including phenoxy) is 2. The molecule has 1 aliphatic heterocycles. The Morgan fingerprint density at radius 3 is 2.75 bits per heavy atom. The third kappa shape index (κ3) is 6.27. The van der Waals surface area contributed by atoms with Gasteiger partial charge in [-0.3, -0.25) is 14.5 Å². The standard InChI is InChI=1S/C21H30N2O5/c1-4-6-16-8-9-18(19(13-16)27-3)28-15-20(24)23-11-5-7-17(10-12-23)22(2)14-21(25)26/h4,6,8-9,13,17H,5,7,10-12,14-15H2,1-3H3,(H,25,26)/b6-4+.